The molecular weight excluding hydrogens is 228 g/mol. The molecule has 0 amide bonds. The fourth-order valence-corrected chi connectivity index (χ4v) is 3.48. The number of hydrogen-bond donors (Lipinski definition) is 1. The van der Waals surface area contributed by atoms with Gasteiger partial charge in [0.25, 0.3) is 0 Å². The zero-order valence-corrected chi connectivity index (χ0v) is 10.2. The van der Waals surface area contributed by atoms with Crippen molar-refractivity contribution < 1.29 is 14.6 Å². The lowest BCUT2D eigenvalue weighted by atomic mass is 9.69. The van der Waals surface area contributed by atoms with E-state index in [2.05, 4.69) is 6.92 Å². The lowest BCUT2D eigenvalue weighted by molar-refractivity contribution is -0.148. The summed E-state index contributed by atoms with van der Waals surface area (Å²) in [6, 6.07) is 9.87. The Morgan fingerprint density at radius 1 is 1.44 bits per heavy atom. The molecule has 0 spiro atoms. The van der Waals surface area contributed by atoms with Gasteiger partial charge < -0.3 is 9.84 Å². The minimum absolute atomic E-state index is 0.110. The van der Waals surface area contributed by atoms with Gasteiger partial charge in [-0.05, 0) is 31.7 Å². The van der Waals surface area contributed by atoms with E-state index in [9.17, 15) is 9.90 Å². The molecule has 2 bridgehead atoms. The summed E-state index contributed by atoms with van der Waals surface area (Å²) in [7, 11) is 0. The Balaban J connectivity index is 1.96. The van der Waals surface area contributed by atoms with Crippen LogP contribution in [0.2, 0.25) is 0 Å². The third kappa shape index (κ3) is 1.57. The van der Waals surface area contributed by atoms with Gasteiger partial charge in [0.15, 0.2) is 0 Å². The summed E-state index contributed by atoms with van der Waals surface area (Å²) in [5.74, 6) is -1.28. The Kier molecular flexibility index (Phi) is 2.67. The maximum atomic E-state index is 11.4. The molecule has 0 saturated carbocycles. The van der Waals surface area contributed by atoms with E-state index in [1.165, 1.54) is 0 Å². The highest BCUT2D eigenvalue weighted by Crippen LogP contribution is 2.54. The zero-order chi connectivity index (χ0) is 12.8. The molecule has 2 fully saturated rings. The van der Waals surface area contributed by atoms with Gasteiger partial charge >= 0.3 is 5.97 Å². The maximum absolute atomic E-state index is 11.4. The van der Waals surface area contributed by atoms with Crippen LogP contribution < -0.4 is 0 Å². The number of aliphatic carboxylic acids is 1. The molecular formula is C15H17O3. The van der Waals surface area contributed by atoms with E-state index < -0.39 is 17.5 Å². The van der Waals surface area contributed by atoms with E-state index in [0.29, 0.717) is 6.42 Å². The van der Waals surface area contributed by atoms with Crippen molar-refractivity contribution in [2.75, 3.05) is 0 Å². The number of benzene rings is 1. The van der Waals surface area contributed by atoms with Gasteiger partial charge in [-0.25, -0.2) is 0 Å². The molecule has 1 N–H and O–H groups in total. The molecule has 1 radical (unpaired) electrons. The average molecular weight is 245 g/mol. The first-order valence-corrected chi connectivity index (χ1v) is 6.42. The predicted molar refractivity (Wildman–Crippen MR) is 67.1 cm³/mol. The highest BCUT2D eigenvalue weighted by Gasteiger charge is 2.59. The van der Waals surface area contributed by atoms with Crippen LogP contribution in [0.1, 0.15) is 30.7 Å². The molecule has 2 aliphatic rings. The number of ether oxygens (including phenoxy) is 1. The van der Waals surface area contributed by atoms with Gasteiger partial charge in [-0.2, -0.15) is 0 Å². The second-order valence-corrected chi connectivity index (χ2v) is 5.32. The summed E-state index contributed by atoms with van der Waals surface area (Å²) < 4.78 is 6.01. The van der Waals surface area contributed by atoms with Gasteiger partial charge in [0.1, 0.15) is 0 Å². The molecule has 95 valence electrons. The molecule has 0 unspecified atom stereocenters. The molecule has 0 aromatic heterocycles. The molecule has 3 heteroatoms. The van der Waals surface area contributed by atoms with Crippen LogP contribution in [0.25, 0.3) is 0 Å². The molecule has 1 aromatic carbocycles. The van der Waals surface area contributed by atoms with E-state index in [0.717, 1.165) is 18.4 Å². The summed E-state index contributed by atoms with van der Waals surface area (Å²) >= 11 is 0. The van der Waals surface area contributed by atoms with Gasteiger partial charge in [0, 0.05) is 5.92 Å². The van der Waals surface area contributed by atoms with Crippen LogP contribution in [0.5, 0.6) is 0 Å². The van der Waals surface area contributed by atoms with Gasteiger partial charge in [-0.3, -0.25) is 4.79 Å². The number of carboxylic acids is 1. The van der Waals surface area contributed by atoms with Crippen molar-refractivity contribution in [1.82, 2.24) is 0 Å². The number of fused-ring (bicyclic) bond motifs is 2. The zero-order valence-electron chi connectivity index (χ0n) is 10.2. The van der Waals surface area contributed by atoms with Crippen LogP contribution in [-0.4, -0.2) is 22.8 Å². The lowest BCUT2D eigenvalue weighted by Crippen LogP contribution is -2.43. The van der Waals surface area contributed by atoms with Crippen LogP contribution >= 0.6 is 0 Å². The summed E-state index contributed by atoms with van der Waals surface area (Å²) in [5.41, 5.74) is 0.462. The van der Waals surface area contributed by atoms with Crippen molar-refractivity contribution in [3.05, 3.63) is 42.8 Å². The van der Waals surface area contributed by atoms with Crippen molar-refractivity contribution >= 4 is 5.97 Å². The van der Waals surface area contributed by atoms with Crippen molar-refractivity contribution in [2.45, 2.75) is 36.9 Å². The molecule has 2 saturated heterocycles. The summed E-state index contributed by atoms with van der Waals surface area (Å²) in [6.45, 7) is 4.20. The lowest BCUT2D eigenvalue weighted by Gasteiger charge is -2.36. The van der Waals surface area contributed by atoms with Crippen LogP contribution in [0.15, 0.2) is 30.3 Å². The topological polar surface area (TPSA) is 46.5 Å². The van der Waals surface area contributed by atoms with Gasteiger partial charge in [-0.15, -0.1) is 0 Å². The van der Waals surface area contributed by atoms with Gasteiger partial charge in [-0.1, -0.05) is 30.3 Å². The van der Waals surface area contributed by atoms with Crippen molar-refractivity contribution in [3.8, 4) is 0 Å². The molecule has 1 aromatic rings. The first-order chi connectivity index (χ1) is 8.63. The molecule has 2 aliphatic heterocycles. The van der Waals surface area contributed by atoms with E-state index in [-0.39, 0.29) is 12.0 Å². The van der Waals surface area contributed by atoms with E-state index in [1.54, 1.807) is 0 Å². The number of carboxylic acid groups (broad SMARTS) is 1. The third-order valence-electron chi connectivity index (χ3n) is 4.42. The van der Waals surface area contributed by atoms with Crippen LogP contribution in [0.3, 0.4) is 0 Å². The third-order valence-corrected chi connectivity index (χ3v) is 4.42. The Morgan fingerprint density at radius 2 is 2.17 bits per heavy atom. The quantitative estimate of drug-likeness (QED) is 0.890. The first kappa shape index (κ1) is 11.7. The van der Waals surface area contributed by atoms with E-state index in [4.69, 9.17) is 4.74 Å². The number of hydrogen-bond acceptors (Lipinski definition) is 2. The van der Waals surface area contributed by atoms with E-state index >= 15 is 0 Å². The largest absolute Gasteiger partial charge is 0.481 e. The van der Waals surface area contributed by atoms with Crippen LogP contribution in [0.4, 0.5) is 0 Å². The molecule has 3 nitrogen and oxygen atoms in total. The van der Waals surface area contributed by atoms with Crippen molar-refractivity contribution in [1.29, 1.82) is 0 Å². The Morgan fingerprint density at radius 3 is 2.78 bits per heavy atom. The molecule has 0 aliphatic carbocycles. The van der Waals surface area contributed by atoms with Crippen LogP contribution in [-0.2, 0) is 9.53 Å². The average Bonchev–Trinajstić information content (AvgIpc) is 2.98. The minimum atomic E-state index is -0.748. The monoisotopic (exact) mass is 245 g/mol. The number of carbonyl (C=O) groups is 1. The fraction of sp³-hybridized carbons (Fsp3) is 0.467. The molecule has 2 heterocycles. The Hall–Kier alpha value is -1.35. The van der Waals surface area contributed by atoms with Crippen LogP contribution in [0, 0.1) is 12.8 Å². The van der Waals surface area contributed by atoms with Gasteiger partial charge in [0.2, 0.25) is 0 Å². The molecule has 18 heavy (non-hydrogen) atoms. The second kappa shape index (κ2) is 4.09. The highest BCUT2D eigenvalue weighted by molar-refractivity contribution is 5.73. The van der Waals surface area contributed by atoms with Gasteiger partial charge in [0.05, 0.1) is 17.6 Å². The Bertz CT molecular complexity index is 456. The fourth-order valence-electron chi connectivity index (χ4n) is 3.48. The minimum Gasteiger partial charge on any atom is -0.481 e. The summed E-state index contributed by atoms with van der Waals surface area (Å²) in [4.78, 5) is 11.4. The first-order valence-electron chi connectivity index (χ1n) is 6.42. The van der Waals surface area contributed by atoms with Crippen molar-refractivity contribution in [2.24, 2.45) is 5.92 Å². The smallest absolute Gasteiger partial charge is 0.309 e. The normalized spacial score (nSPS) is 35.6. The maximum Gasteiger partial charge on any atom is 0.309 e. The second-order valence-electron chi connectivity index (χ2n) is 5.32. The summed E-state index contributed by atoms with van der Waals surface area (Å²) in [6.07, 6.45) is 2.51. The summed E-state index contributed by atoms with van der Waals surface area (Å²) in [5, 5.41) is 9.39. The predicted octanol–water partition coefficient (Wildman–Crippen LogP) is 2.63. The van der Waals surface area contributed by atoms with Crippen molar-refractivity contribution in [3.63, 3.8) is 0 Å². The van der Waals surface area contributed by atoms with E-state index in [1.807, 2.05) is 30.3 Å². The highest BCUT2D eigenvalue weighted by atomic mass is 16.5. The number of rotatable bonds is 3. The Labute approximate surface area is 107 Å². The SMILES string of the molecule is [CH2][C@H](c1ccccc1)[C@]12CC[C@@H](C[C@@H]1C(=O)O)O2. The standard InChI is InChI=1S/C15H17O3/c1-10(11-5-3-2-4-6-11)15-8-7-12(18-15)9-13(15)14(16)17/h2-6,10,12-13H,1,7-9H2,(H,16,17)/t10-,12+,13-,15-/m1/s1. The molecule has 4 atom stereocenters. The molecule has 3 rings (SSSR count).